The number of alkyl halides is 3. The van der Waals surface area contributed by atoms with E-state index in [1.54, 1.807) is 0 Å². The van der Waals surface area contributed by atoms with Crippen LogP contribution in [0.15, 0.2) is 29.4 Å². The highest BCUT2D eigenvalue weighted by atomic mass is 19.4. The Balaban J connectivity index is 1.69. The Morgan fingerprint density at radius 3 is 2.13 bits per heavy atom. The van der Waals surface area contributed by atoms with Gasteiger partial charge < -0.3 is 14.2 Å². The fourth-order valence-corrected chi connectivity index (χ4v) is 3.22. The molecule has 0 spiro atoms. The van der Waals surface area contributed by atoms with Gasteiger partial charge in [-0.2, -0.15) is 0 Å². The number of anilines is 1. The monoisotopic (exact) mass is 444 g/mol. The summed E-state index contributed by atoms with van der Waals surface area (Å²) in [6.07, 6.45) is 6.80. The maximum atomic E-state index is 12.3. The van der Waals surface area contributed by atoms with Crippen molar-refractivity contribution < 1.29 is 32.2 Å². The smallest absolute Gasteiger partial charge is 0.449 e. The second-order valence-electron chi connectivity index (χ2n) is 7.43. The van der Waals surface area contributed by atoms with E-state index in [0.717, 1.165) is 31.4 Å². The van der Waals surface area contributed by atoms with E-state index < -0.39 is 12.6 Å². The minimum absolute atomic E-state index is 0.0244. The molecule has 0 saturated carbocycles. The Bertz CT molecular complexity index is 680. The van der Waals surface area contributed by atoms with Gasteiger partial charge in [-0.3, -0.25) is 4.79 Å². The number of aldehydes is 1. The standard InChI is InChI=1S/C22H31F3N2O4/c1-2-3-4-5-6-7-8-9-10-11-16-29-21-26-27(20(17-28)30-21)18-12-14-19(15-13-18)31-22(23,24)25/h12-15,17,20H,2-11,16H2,1H3. The molecule has 1 aromatic rings. The van der Waals surface area contributed by atoms with Crippen molar-refractivity contribution in [2.45, 2.75) is 83.7 Å². The first kappa shape index (κ1) is 24.8. The number of halogens is 3. The highest BCUT2D eigenvalue weighted by molar-refractivity contribution is 5.78. The molecule has 1 aliphatic rings. The van der Waals surface area contributed by atoms with Gasteiger partial charge in [-0.25, -0.2) is 5.01 Å². The van der Waals surface area contributed by atoms with Crippen LogP contribution in [-0.2, 0) is 14.3 Å². The lowest BCUT2D eigenvalue weighted by Crippen LogP contribution is -2.29. The van der Waals surface area contributed by atoms with Crippen LogP contribution in [0.1, 0.15) is 71.1 Å². The topological polar surface area (TPSA) is 60.4 Å². The van der Waals surface area contributed by atoms with E-state index in [1.807, 2.05) is 0 Å². The van der Waals surface area contributed by atoms with Crippen LogP contribution < -0.4 is 9.75 Å². The molecule has 9 heteroatoms. The number of unbranched alkanes of at least 4 members (excludes halogenated alkanes) is 9. The number of ether oxygens (including phenoxy) is 3. The maximum absolute atomic E-state index is 12.3. The Morgan fingerprint density at radius 2 is 1.58 bits per heavy atom. The number of nitrogens with zero attached hydrogens (tertiary/aromatic N) is 2. The van der Waals surface area contributed by atoms with Crippen molar-refractivity contribution in [2.24, 2.45) is 5.10 Å². The molecule has 0 fully saturated rings. The van der Waals surface area contributed by atoms with Crippen molar-refractivity contribution in [3.63, 3.8) is 0 Å². The highest BCUT2D eigenvalue weighted by Gasteiger charge is 2.32. The summed E-state index contributed by atoms with van der Waals surface area (Å²) in [6.45, 7) is 2.64. The van der Waals surface area contributed by atoms with E-state index >= 15 is 0 Å². The zero-order valence-corrected chi connectivity index (χ0v) is 17.9. The second-order valence-corrected chi connectivity index (χ2v) is 7.43. The first-order valence-corrected chi connectivity index (χ1v) is 10.9. The summed E-state index contributed by atoms with van der Waals surface area (Å²) in [5.74, 6) is -0.361. The second kappa shape index (κ2) is 13.1. The van der Waals surface area contributed by atoms with Crippen LogP contribution in [0.2, 0.25) is 0 Å². The Kier molecular flexibility index (Phi) is 10.5. The summed E-state index contributed by atoms with van der Waals surface area (Å²) in [4.78, 5) is 11.3. The molecule has 2 rings (SSSR count). The van der Waals surface area contributed by atoms with E-state index in [-0.39, 0.29) is 11.8 Å². The first-order chi connectivity index (χ1) is 14.9. The largest absolute Gasteiger partial charge is 0.573 e. The summed E-state index contributed by atoms with van der Waals surface area (Å²) in [7, 11) is 0. The molecular weight excluding hydrogens is 413 g/mol. The van der Waals surface area contributed by atoms with E-state index in [1.165, 1.54) is 62.1 Å². The zero-order chi connectivity index (χ0) is 22.5. The van der Waals surface area contributed by atoms with Crippen molar-refractivity contribution in [2.75, 3.05) is 11.6 Å². The van der Waals surface area contributed by atoms with Gasteiger partial charge in [-0.05, 0) is 30.7 Å². The molecule has 0 saturated heterocycles. The number of rotatable bonds is 14. The van der Waals surface area contributed by atoms with E-state index in [0.29, 0.717) is 18.6 Å². The average Bonchev–Trinajstić information content (AvgIpc) is 3.14. The van der Waals surface area contributed by atoms with Crippen LogP contribution in [0.4, 0.5) is 18.9 Å². The number of hydrogen-bond donors (Lipinski definition) is 0. The molecule has 31 heavy (non-hydrogen) atoms. The van der Waals surface area contributed by atoms with E-state index in [2.05, 4.69) is 16.8 Å². The molecular formula is C22H31F3N2O4. The molecule has 1 aliphatic heterocycles. The maximum Gasteiger partial charge on any atom is 0.573 e. The predicted octanol–water partition coefficient (Wildman–Crippen LogP) is 6.16. The lowest BCUT2D eigenvalue weighted by atomic mass is 10.1. The van der Waals surface area contributed by atoms with Crippen LogP contribution in [0.5, 0.6) is 5.75 Å². The third kappa shape index (κ3) is 9.48. The molecule has 1 atom stereocenters. The molecule has 1 heterocycles. The van der Waals surface area contributed by atoms with Gasteiger partial charge >= 0.3 is 12.4 Å². The van der Waals surface area contributed by atoms with Crippen molar-refractivity contribution in [3.8, 4) is 5.75 Å². The summed E-state index contributed by atoms with van der Waals surface area (Å²) >= 11 is 0. The van der Waals surface area contributed by atoms with Crippen molar-refractivity contribution in [3.05, 3.63) is 24.3 Å². The Morgan fingerprint density at radius 1 is 1.00 bits per heavy atom. The van der Waals surface area contributed by atoms with Crippen molar-refractivity contribution in [1.29, 1.82) is 0 Å². The summed E-state index contributed by atoms with van der Waals surface area (Å²) in [5, 5.41) is 5.36. The normalized spacial score (nSPS) is 16.1. The number of carbonyl (C=O) groups is 1. The fraction of sp³-hybridized carbons (Fsp3) is 0.636. The van der Waals surface area contributed by atoms with Crippen LogP contribution in [0, 0.1) is 0 Å². The third-order valence-corrected chi connectivity index (χ3v) is 4.83. The van der Waals surface area contributed by atoms with Crippen molar-refractivity contribution >= 4 is 18.1 Å². The molecule has 0 aliphatic carbocycles. The lowest BCUT2D eigenvalue weighted by Gasteiger charge is -2.17. The molecule has 174 valence electrons. The number of hydrazone groups is 1. The molecule has 0 N–H and O–H groups in total. The van der Waals surface area contributed by atoms with Crippen LogP contribution in [-0.4, -0.2) is 31.6 Å². The molecule has 1 aromatic carbocycles. The minimum atomic E-state index is -4.77. The van der Waals surface area contributed by atoms with Gasteiger partial charge in [0.15, 0.2) is 6.29 Å². The third-order valence-electron chi connectivity index (χ3n) is 4.83. The van der Waals surface area contributed by atoms with Gasteiger partial charge in [0, 0.05) is 0 Å². The minimum Gasteiger partial charge on any atom is -0.449 e. The lowest BCUT2D eigenvalue weighted by molar-refractivity contribution is -0.274. The zero-order valence-electron chi connectivity index (χ0n) is 17.9. The molecule has 6 nitrogen and oxygen atoms in total. The summed E-state index contributed by atoms with van der Waals surface area (Å²) < 4.78 is 51.5. The van der Waals surface area contributed by atoms with Gasteiger partial charge in [0.2, 0.25) is 0 Å². The van der Waals surface area contributed by atoms with Gasteiger partial charge in [0.1, 0.15) is 5.75 Å². The fourth-order valence-electron chi connectivity index (χ4n) is 3.22. The molecule has 0 aromatic heterocycles. The number of carbonyl (C=O) groups excluding carboxylic acids is 1. The Labute approximate surface area is 181 Å². The van der Waals surface area contributed by atoms with Gasteiger partial charge in [-0.15, -0.1) is 13.2 Å². The molecule has 0 radical (unpaired) electrons. The van der Waals surface area contributed by atoms with Crippen LogP contribution in [0.25, 0.3) is 0 Å². The summed E-state index contributed by atoms with van der Waals surface area (Å²) in [6, 6.07) is 5.00. The Hall–Kier alpha value is -2.45. The quantitative estimate of drug-likeness (QED) is 0.254. The van der Waals surface area contributed by atoms with Crippen molar-refractivity contribution in [1.82, 2.24) is 0 Å². The van der Waals surface area contributed by atoms with Crippen LogP contribution >= 0.6 is 0 Å². The molecule has 1 unspecified atom stereocenters. The van der Waals surface area contributed by atoms with Gasteiger partial charge in [0.05, 0.1) is 12.3 Å². The van der Waals surface area contributed by atoms with E-state index in [9.17, 15) is 18.0 Å². The average molecular weight is 444 g/mol. The first-order valence-electron chi connectivity index (χ1n) is 10.9. The highest BCUT2D eigenvalue weighted by Crippen LogP contribution is 2.28. The molecule has 0 amide bonds. The van der Waals surface area contributed by atoms with Gasteiger partial charge in [0.25, 0.3) is 6.23 Å². The number of hydrogen-bond acceptors (Lipinski definition) is 6. The van der Waals surface area contributed by atoms with Crippen LogP contribution in [0.3, 0.4) is 0 Å². The summed E-state index contributed by atoms with van der Waals surface area (Å²) in [5.41, 5.74) is 0.379. The van der Waals surface area contributed by atoms with E-state index in [4.69, 9.17) is 9.47 Å². The molecule has 0 bridgehead atoms. The predicted molar refractivity (Wildman–Crippen MR) is 112 cm³/mol. The SMILES string of the molecule is CCCCCCCCCCCCOC1=NN(c2ccc(OC(F)(F)F)cc2)C(C=O)O1. The number of benzene rings is 1. The van der Waals surface area contributed by atoms with Gasteiger partial charge in [-0.1, -0.05) is 69.8 Å².